The molecular weight excluding hydrogens is 469 g/mol. The Bertz CT molecular complexity index is 1090. The smallest absolute Gasteiger partial charge is 0.242 e. The van der Waals surface area contributed by atoms with Crippen LogP contribution in [0.5, 0.6) is 0 Å². The van der Waals surface area contributed by atoms with Gasteiger partial charge in [0.25, 0.3) is 0 Å². The Balaban J connectivity index is 0.00000342. The highest BCUT2D eigenvalue weighted by Gasteiger charge is 2.49. The summed E-state index contributed by atoms with van der Waals surface area (Å²) in [6.07, 6.45) is 5.59. The van der Waals surface area contributed by atoms with E-state index < -0.39 is 11.4 Å². The summed E-state index contributed by atoms with van der Waals surface area (Å²) in [5.41, 5.74) is 0.414. The van der Waals surface area contributed by atoms with Crippen LogP contribution in [0.1, 0.15) is 57.0 Å². The van der Waals surface area contributed by atoms with E-state index in [0.717, 1.165) is 38.2 Å². The summed E-state index contributed by atoms with van der Waals surface area (Å²) in [5.74, 6) is 0.342. The molecule has 0 spiro atoms. The zero-order valence-corrected chi connectivity index (χ0v) is 21.1. The number of benzene rings is 1. The number of hydrogen-bond donors (Lipinski definition) is 0. The second kappa shape index (κ2) is 12.2. The van der Waals surface area contributed by atoms with E-state index in [1.54, 1.807) is 30.0 Å². The second-order valence-electron chi connectivity index (χ2n) is 8.73. The third-order valence-corrected chi connectivity index (χ3v) is 6.50. The van der Waals surface area contributed by atoms with E-state index in [4.69, 9.17) is 4.42 Å². The minimum Gasteiger partial charge on any atom is -0.423 e. The lowest BCUT2D eigenvalue weighted by Gasteiger charge is -2.46. The summed E-state index contributed by atoms with van der Waals surface area (Å²) in [7, 11) is 0. The molecule has 3 heterocycles. The van der Waals surface area contributed by atoms with Crippen molar-refractivity contribution < 1.29 is 13.6 Å². The summed E-state index contributed by atoms with van der Waals surface area (Å²) < 4.78 is 21.1. The maximum Gasteiger partial charge on any atom is 0.242 e. The van der Waals surface area contributed by atoms with E-state index >= 15 is 4.39 Å². The predicted octanol–water partition coefficient (Wildman–Crippen LogP) is 4.96. The number of rotatable bonds is 9. The minimum atomic E-state index is -0.893. The molecule has 1 aliphatic rings. The van der Waals surface area contributed by atoms with Gasteiger partial charge in [-0.25, -0.2) is 4.39 Å². The number of carbonyl (C=O) groups is 1. The van der Waals surface area contributed by atoms with Gasteiger partial charge in [0.1, 0.15) is 11.4 Å². The van der Waals surface area contributed by atoms with Crippen molar-refractivity contribution in [3.05, 3.63) is 72.0 Å². The van der Waals surface area contributed by atoms with Gasteiger partial charge in [-0.15, -0.1) is 22.6 Å². The number of likely N-dealkylation sites (tertiary alicyclic amines) is 1. The van der Waals surface area contributed by atoms with Gasteiger partial charge in [-0.3, -0.25) is 14.7 Å². The van der Waals surface area contributed by atoms with Gasteiger partial charge < -0.3 is 9.32 Å². The molecule has 1 amide bonds. The Hall–Kier alpha value is -2.84. The Morgan fingerprint density at radius 2 is 1.83 bits per heavy atom. The van der Waals surface area contributed by atoms with Crippen molar-refractivity contribution in [3.8, 4) is 0 Å². The van der Waals surface area contributed by atoms with Crippen molar-refractivity contribution in [3.63, 3.8) is 0 Å². The van der Waals surface area contributed by atoms with Crippen LogP contribution >= 0.6 is 12.4 Å². The molecule has 9 heteroatoms. The summed E-state index contributed by atoms with van der Waals surface area (Å²) >= 11 is 0. The molecule has 3 aromatic rings. The SMILES string of the molecule is CCCc1nnc(C2(N(C(=O)CC)c3ccccc3F)CCN(CCc3ccccn3)CC2)o1.Cl. The molecule has 0 bridgehead atoms. The first-order chi connectivity index (χ1) is 16.6. The molecule has 0 atom stereocenters. The van der Waals surface area contributed by atoms with Crippen LogP contribution in [0.25, 0.3) is 0 Å². The number of piperidine rings is 1. The standard InChI is InChI=1S/C26H32FN5O2.ClH/c1-3-9-23-29-30-25(34-23)26(32(24(33)4-2)22-12-6-5-11-21(22)27)14-18-31(19-15-26)17-13-20-10-7-8-16-28-20;/h5-8,10-12,16H,3-4,9,13-15,17-19H2,1-2H3;1H. The number of pyridine rings is 1. The summed E-state index contributed by atoms with van der Waals surface area (Å²) in [6.45, 7) is 6.15. The lowest BCUT2D eigenvalue weighted by molar-refractivity contribution is -0.120. The highest BCUT2D eigenvalue weighted by molar-refractivity contribution is 5.94. The molecule has 4 rings (SSSR count). The van der Waals surface area contributed by atoms with E-state index in [-0.39, 0.29) is 30.4 Å². The van der Waals surface area contributed by atoms with Gasteiger partial charge in [-0.05, 0) is 43.5 Å². The molecule has 1 fully saturated rings. The molecule has 0 radical (unpaired) electrons. The van der Waals surface area contributed by atoms with Gasteiger partial charge in [0.2, 0.25) is 17.7 Å². The largest absolute Gasteiger partial charge is 0.423 e. The van der Waals surface area contributed by atoms with E-state index in [9.17, 15) is 4.79 Å². The van der Waals surface area contributed by atoms with Gasteiger partial charge in [-0.2, -0.15) is 0 Å². The number of aromatic nitrogens is 3. The molecule has 0 unspecified atom stereocenters. The average molecular weight is 502 g/mol. The Morgan fingerprint density at radius 1 is 1.09 bits per heavy atom. The third kappa shape index (κ3) is 5.87. The molecule has 35 heavy (non-hydrogen) atoms. The zero-order chi connectivity index (χ0) is 24.0. The van der Waals surface area contributed by atoms with E-state index in [2.05, 4.69) is 20.1 Å². The summed E-state index contributed by atoms with van der Waals surface area (Å²) in [4.78, 5) is 21.7. The fraction of sp³-hybridized carbons (Fsp3) is 0.462. The van der Waals surface area contributed by atoms with Crippen LogP contribution in [0.4, 0.5) is 10.1 Å². The molecule has 1 saturated heterocycles. The summed E-state index contributed by atoms with van der Waals surface area (Å²) in [6, 6.07) is 12.4. The highest BCUT2D eigenvalue weighted by atomic mass is 35.5. The highest BCUT2D eigenvalue weighted by Crippen LogP contribution is 2.42. The first-order valence-electron chi connectivity index (χ1n) is 12.1. The monoisotopic (exact) mass is 501 g/mol. The van der Waals surface area contributed by atoms with Crippen LogP contribution in [-0.2, 0) is 23.2 Å². The molecule has 2 aromatic heterocycles. The number of anilines is 1. The molecule has 0 saturated carbocycles. The van der Waals surface area contributed by atoms with Gasteiger partial charge in [-0.1, -0.05) is 32.0 Å². The van der Waals surface area contributed by atoms with E-state index in [1.807, 2.05) is 31.3 Å². The van der Waals surface area contributed by atoms with Crippen molar-refractivity contribution in [1.82, 2.24) is 20.1 Å². The number of hydrogen-bond acceptors (Lipinski definition) is 6. The Kier molecular flexibility index (Phi) is 9.34. The van der Waals surface area contributed by atoms with E-state index in [0.29, 0.717) is 31.0 Å². The van der Waals surface area contributed by atoms with Crippen LogP contribution in [0.15, 0.2) is 53.1 Å². The lowest BCUT2D eigenvalue weighted by atomic mass is 9.84. The van der Waals surface area contributed by atoms with Crippen molar-refractivity contribution in [2.45, 2.75) is 57.9 Å². The number of halogens is 2. The molecule has 0 N–H and O–H groups in total. The summed E-state index contributed by atoms with van der Waals surface area (Å²) in [5, 5.41) is 8.62. The topological polar surface area (TPSA) is 75.4 Å². The fourth-order valence-corrected chi connectivity index (χ4v) is 4.65. The predicted molar refractivity (Wildman–Crippen MR) is 135 cm³/mol. The molecule has 1 aliphatic heterocycles. The van der Waals surface area contributed by atoms with Gasteiger partial charge in [0.15, 0.2) is 0 Å². The van der Waals surface area contributed by atoms with Crippen molar-refractivity contribution in [2.75, 3.05) is 24.5 Å². The number of carbonyl (C=O) groups excluding carboxylic acids is 1. The maximum absolute atomic E-state index is 15.0. The number of nitrogens with zero attached hydrogens (tertiary/aromatic N) is 5. The van der Waals surface area contributed by atoms with Crippen molar-refractivity contribution in [1.29, 1.82) is 0 Å². The molecular formula is C26H33ClFN5O2. The molecule has 7 nitrogen and oxygen atoms in total. The number of amides is 1. The molecule has 188 valence electrons. The van der Waals surface area contributed by atoms with Gasteiger partial charge in [0.05, 0.1) is 5.69 Å². The fourth-order valence-electron chi connectivity index (χ4n) is 4.65. The van der Waals surface area contributed by atoms with E-state index in [1.165, 1.54) is 6.07 Å². The molecule has 1 aromatic carbocycles. The number of para-hydroxylation sites is 1. The minimum absolute atomic E-state index is 0. The van der Waals surface area contributed by atoms with Crippen LogP contribution in [0.3, 0.4) is 0 Å². The van der Waals surface area contributed by atoms with Gasteiger partial charge >= 0.3 is 0 Å². The maximum atomic E-state index is 15.0. The quantitative estimate of drug-likeness (QED) is 0.412. The second-order valence-corrected chi connectivity index (χ2v) is 8.73. The Labute approximate surface area is 212 Å². The first-order valence-corrected chi connectivity index (χ1v) is 12.1. The van der Waals surface area contributed by atoms with Crippen LogP contribution in [0.2, 0.25) is 0 Å². The van der Waals surface area contributed by atoms with Crippen molar-refractivity contribution in [2.24, 2.45) is 0 Å². The van der Waals surface area contributed by atoms with Crippen LogP contribution in [-0.4, -0.2) is 45.6 Å². The van der Waals surface area contributed by atoms with Crippen LogP contribution < -0.4 is 4.90 Å². The number of aryl methyl sites for hydroxylation is 1. The average Bonchev–Trinajstić information content (AvgIpc) is 3.35. The Morgan fingerprint density at radius 3 is 2.49 bits per heavy atom. The third-order valence-electron chi connectivity index (χ3n) is 6.50. The normalized spacial score (nSPS) is 15.4. The van der Waals surface area contributed by atoms with Crippen LogP contribution in [0, 0.1) is 5.82 Å². The first kappa shape index (κ1) is 26.8. The van der Waals surface area contributed by atoms with Gasteiger partial charge in [0, 0.05) is 50.8 Å². The van der Waals surface area contributed by atoms with Crippen molar-refractivity contribution >= 4 is 24.0 Å². The zero-order valence-electron chi connectivity index (χ0n) is 20.3. The molecule has 0 aliphatic carbocycles. The lowest BCUT2D eigenvalue weighted by Crippen LogP contribution is -2.56.